The minimum absolute atomic E-state index is 0.0158. The van der Waals surface area contributed by atoms with Crippen molar-refractivity contribution in [3.8, 4) is 17.6 Å². The van der Waals surface area contributed by atoms with E-state index in [4.69, 9.17) is 28.0 Å². The average Bonchev–Trinajstić information content (AvgIpc) is 2.55. The second-order valence-electron chi connectivity index (χ2n) is 5.42. The smallest absolute Gasteiger partial charge is 0.317 e. The maximum Gasteiger partial charge on any atom is 0.317 e. The highest BCUT2D eigenvalue weighted by atomic mass is 32.2. The molecule has 12 heteroatoms. The van der Waals surface area contributed by atoms with E-state index in [1.165, 1.54) is 19.2 Å². The van der Waals surface area contributed by atoms with Gasteiger partial charge in [0, 0.05) is 6.26 Å². The average molecular weight is 414 g/mol. The molecular weight excluding hydrogens is 396 g/mol. The number of rotatable bonds is 7. The first-order chi connectivity index (χ1) is 12.5. The lowest BCUT2D eigenvalue weighted by Crippen LogP contribution is -2.37. The van der Waals surface area contributed by atoms with E-state index in [1.807, 2.05) is 0 Å². The Kier molecular flexibility index (Phi) is 7.50. The summed E-state index contributed by atoms with van der Waals surface area (Å²) < 4.78 is 28.6. The topological polar surface area (TPSA) is 172 Å². The Labute approximate surface area is 161 Å². The Balaban J connectivity index is 3.62. The highest BCUT2D eigenvalue weighted by Crippen LogP contribution is 2.36. The summed E-state index contributed by atoms with van der Waals surface area (Å²) in [5, 5.41) is 23.4. The van der Waals surface area contributed by atoms with Crippen LogP contribution in [0.4, 0.5) is 4.79 Å². The Morgan fingerprint density at radius 3 is 2.56 bits per heavy atom. The van der Waals surface area contributed by atoms with Crippen molar-refractivity contribution in [2.75, 3.05) is 25.7 Å². The Hall–Kier alpha value is -2.91. The van der Waals surface area contributed by atoms with Gasteiger partial charge in [0.1, 0.15) is 21.4 Å². The number of aromatic hydroxyl groups is 1. The third kappa shape index (κ3) is 6.08. The number of ether oxygens (including phenoxy) is 1. The number of sulfone groups is 1. The van der Waals surface area contributed by atoms with Crippen LogP contribution in [0.15, 0.2) is 12.1 Å². The Bertz CT molecular complexity index is 908. The SMILES string of the molecule is COc1ccc(C(CS(C)(=O)=O)C(=O)NCC#N)c(C(=S)NC(N)=O)c1O. The fourth-order valence-electron chi connectivity index (χ4n) is 2.32. The quantitative estimate of drug-likeness (QED) is 0.342. The molecule has 0 fully saturated rings. The third-order valence-corrected chi connectivity index (χ3v) is 4.60. The van der Waals surface area contributed by atoms with E-state index in [0.29, 0.717) is 0 Å². The first-order valence-electron chi connectivity index (χ1n) is 7.34. The highest BCUT2D eigenvalue weighted by molar-refractivity contribution is 7.90. The van der Waals surface area contributed by atoms with Gasteiger partial charge >= 0.3 is 6.03 Å². The fraction of sp³-hybridized carbons (Fsp3) is 0.333. The first kappa shape index (κ1) is 22.1. The minimum atomic E-state index is -3.65. The van der Waals surface area contributed by atoms with Crippen LogP contribution in [0.1, 0.15) is 17.0 Å². The zero-order valence-corrected chi connectivity index (χ0v) is 16.1. The molecular formula is C15H18N4O6S2. The maximum atomic E-state index is 12.4. The van der Waals surface area contributed by atoms with Gasteiger partial charge in [0.05, 0.1) is 30.4 Å². The Morgan fingerprint density at radius 2 is 2.07 bits per heavy atom. The number of hydrogen-bond acceptors (Lipinski definition) is 8. The number of thiocarbonyl (C=S) groups is 1. The van der Waals surface area contributed by atoms with Gasteiger partial charge in [-0.15, -0.1) is 0 Å². The van der Waals surface area contributed by atoms with Gasteiger partial charge in [0.25, 0.3) is 0 Å². The van der Waals surface area contributed by atoms with E-state index >= 15 is 0 Å². The molecule has 0 bridgehead atoms. The van der Waals surface area contributed by atoms with Crippen molar-refractivity contribution in [2.45, 2.75) is 5.92 Å². The summed E-state index contributed by atoms with van der Waals surface area (Å²) in [6, 6.07) is 3.35. The first-order valence-corrected chi connectivity index (χ1v) is 9.81. The van der Waals surface area contributed by atoms with Crippen molar-refractivity contribution < 1.29 is 27.9 Å². The number of carbonyl (C=O) groups excluding carboxylic acids is 2. The molecule has 0 heterocycles. The van der Waals surface area contributed by atoms with Gasteiger partial charge in [-0.2, -0.15) is 5.26 Å². The van der Waals surface area contributed by atoms with Crippen LogP contribution in [0.3, 0.4) is 0 Å². The van der Waals surface area contributed by atoms with Crippen LogP contribution in [-0.2, 0) is 14.6 Å². The fourth-order valence-corrected chi connectivity index (χ4v) is 3.57. The number of phenols is 1. The molecule has 5 N–H and O–H groups in total. The van der Waals surface area contributed by atoms with E-state index in [-0.39, 0.29) is 28.4 Å². The van der Waals surface area contributed by atoms with Gasteiger partial charge in [0.15, 0.2) is 11.5 Å². The van der Waals surface area contributed by atoms with E-state index in [9.17, 15) is 23.1 Å². The standard InChI is InChI=1S/C15H18N4O6S2/c1-25-10-4-3-8(11(12(10)20)14(26)19-15(17)22)9(7-27(2,23)24)13(21)18-6-5-16/h3-4,9,20H,6-7H2,1-2H3,(H,18,21)(H3,17,19,22,26). The molecule has 146 valence electrons. The van der Waals surface area contributed by atoms with Crippen molar-refractivity contribution in [3.05, 3.63) is 23.3 Å². The molecule has 0 aliphatic rings. The van der Waals surface area contributed by atoms with Gasteiger partial charge in [0.2, 0.25) is 5.91 Å². The van der Waals surface area contributed by atoms with Gasteiger partial charge < -0.3 is 20.9 Å². The molecule has 0 aliphatic carbocycles. The number of nitriles is 1. The Morgan fingerprint density at radius 1 is 1.44 bits per heavy atom. The van der Waals surface area contributed by atoms with Crippen LogP contribution in [-0.4, -0.2) is 56.1 Å². The van der Waals surface area contributed by atoms with Crippen molar-refractivity contribution >= 4 is 39.0 Å². The van der Waals surface area contributed by atoms with Crippen molar-refractivity contribution in [1.82, 2.24) is 10.6 Å². The lowest BCUT2D eigenvalue weighted by Gasteiger charge is -2.21. The van der Waals surface area contributed by atoms with E-state index in [1.54, 1.807) is 6.07 Å². The third-order valence-electron chi connectivity index (χ3n) is 3.36. The number of nitrogens with zero attached hydrogens (tertiary/aromatic N) is 1. The maximum absolute atomic E-state index is 12.4. The second kappa shape index (κ2) is 9.15. The zero-order valence-electron chi connectivity index (χ0n) is 14.5. The highest BCUT2D eigenvalue weighted by Gasteiger charge is 2.31. The molecule has 3 amide bonds. The number of hydrogen-bond donors (Lipinski definition) is 4. The second-order valence-corrected chi connectivity index (χ2v) is 8.01. The molecule has 1 atom stereocenters. The predicted molar refractivity (Wildman–Crippen MR) is 100 cm³/mol. The number of nitrogens with one attached hydrogen (secondary N) is 2. The van der Waals surface area contributed by atoms with Crippen LogP contribution in [0.25, 0.3) is 0 Å². The largest absolute Gasteiger partial charge is 0.504 e. The van der Waals surface area contributed by atoms with Crippen LogP contribution >= 0.6 is 12.2 Å². The lowest BCUT2D eigenvalue weighted by molar-refractivity contribution is -0.121. The number of methoxy groups -OCH3 is 1. The molecule has 0 saturated heterocycles. The molecule has 1 unspecified atom stereocenters. The summed E-state index contributed by atoms with van der Waals surface area (Å²) in [5.74, 6) is -3.22. The van der Waals surface area contributed by atoms with Gasteiger partial charge in [-0.1, -0.05) is 18.3 Å². The van der Waals surface area contributed by atoms with E-state index < -0.39 is 39.2 Å². The molecule has 1 rings (SSSR count). The number of nitrogens with two attached hydrogens (primary N) is 1. The molecule has 1 aromatic carbocycles. The molecule has 27 heavy (non-hydrogen) atoms. The monoisotopic (exact) mass is 414 g/mol. The van der Waals surface area contributed by atoms with Crippen LogP contribution in [0.5, 0.6) is 11.5 Å². The molecule has 0 aromatic heterocycles. The number of carbonyl (C=O) groups is 2. The number of phenolic OH excluding ortho intramolecular Hbond substituents is 1. The van der Waals surface area contributed by atoms with E-state index in [2.05, 4.69) is 10.6 Å². The summed E-state index contributed by atoms with van der Waals surface area (Å²) in [6.07, 6.45) is 0.931. The van der Waals surface area contributed by atoms with Gasteiger partial charge in [-0.3, -0.25) is 10.1 Å². The summed E-state index contributed by atoms with van der Waals surface area (Å²) in [7, 11) is -2.37. The minimum Gasteiger partial charge on any atom is -0.504 e. The van der Waals surface area contributed by atoms with Crippen molar-refractivity contribution in [2.24, 2.45) is 5.73 Å². The zero-order chi connectivity index (χ0) is 20.8. The molecule has 0 radical (unpaired) electrons. The van der Waals surface area contributed by atoms with Crippen molar-refractivity contribution in [1.29, 1.82) is 5.26 Å². The number of amides is 3. The van der Waals surface area contributed by atoms with Crippen molar-refractivity contribution in [3.63, 3.8) is 0 Å². The summed E-state index contributed by atoms with van der Waals surface area (Å²) in [5.41, 5.74) is 4.89. The molecule has 0 spiro atoms. The normalized spacial score (nSPS) is 11.7. The number of urea groups is 1. The van der Waals surface area contributed by atoms with Crippen LogP contribution in [0.2, 0.25) is 0 Å². The summed E-state index contributed by atoms with van der Waals surface area (Å²) >= 11 is 5.05. The molecule has 0 aliphatic heterocycles. The van der Waals surface area contributed by atoms with Gasteiger partial charge in [-0.05, 0) is 11.6 Å². The molecule has 10 nitrogen and oxygen atoms in total. The predicted octanol–water partition coefficient (Wildman–Crippen LogP) is -0.487. The lowest BCUT2D eigenvalue weighted by atomic mass is 9.93. The summed E-state index contributed by atoms with van der Waals surface area (Å²) in [4.78, 5) is 23.3. The number of benzene rings is 1. The molecule has 0 saturated carbocycles. The number of primary amides is 1. The molecule has 1 aromatic rings. The van der Waals surface area contributed by atoms with Crippen LogP contribution in [0, 0.1) is 11.3 Å². The van der Waals surface area contributed by atoms with E-state index in [0.717, 1.165) is 6.26 Å². The van der Waals surface area contributed by atoms with Gasteiger partial charge in [-0.25, -0.2) is 13.2 Å². The summed E-state index contributed by atoms with van der Waals surface area (Å²) in [6.45, 7) is -0.347. The van der Waals surface area contributed by atoms with Crippen LogP contribution < -0.4 is 21.1 Å².